The van der Waals surface area contributed by atoms with Crippen molar-refractivity contribution in [2.45, 2.75) is 25.3 Å². The second-order valence-electron chi connectivity index (χ2n) is 6.29. The average molecular weight is 358 g/mol. The Morgan fingerprint density at radius 3 is 2.92 bits per heavy atom. The number of likely N-dealkylation sites (tertiary alicyclic amines) is 1. The first-order chi connectivity index (χ1) is 12.3. The van der Waals surface area contributed by atoms with Crippen molar-refractivity contribution in [1.29, 1.82) is 5.26 Å². The molecule has 134 valence electrons. The number of carbonyl (C=O) groups is 2. The smallest absolute Gasteiger partial charge is 0.268 e. The molecule has 1 aliphatic rings. The first kappa shape index (κ1) is 17.7. The molecule has 0 spiro atoms. The highest BCUT2D eigenvalue weighted by Crippen LogP contribution is 2.31. The molecule has 2 amide bonds. The Morgan fingerprint density at radius 2 is 2.19 bits per heavy atom. The number of nitrogens with one attached hydrogen (secondary N) is 1. The van der Waals surface area contributed by atoms with E-state index in [0.29, 0.717) is 16.5 Å². The van der Waals surface area contributed by atoms with Crippen LogP contribution in [0.3, 0.4) is 0 Å². The van der Waals surface area contributed by atoms with Crippen LogP contribution in [-0.4, -0.2) is 46.8 Å². The molecule has 0 saturated carbocycles. The third-order valence-electron chi connectivity index (χ3n) is 4.28. The Morgan fingerprint density at radius 1 is 1.42 bits per heavy atom. The molecule has 26 heavy (non-hydrogen) atoms. The third-order valence-corrected chi connectivity index (χ3v) is 4.28. The first-order valence-corrected chi connectivity index (χ1v) is 8.01. The number of aryl methyl sites for hydroxylation is 1. The molecule has 0 radical (unpaired) electrons. The summed E-state index contributed by atoms with van der Waals surface area (Å²) in [4.78, 5) is 29.6. The molecule has 2 aromatic rings. The fourth-order valence-electron chi connectivity index (χ4n) is 3.00. The highest BCUT2D eigenvalue weighted by Gasteiger charge is 2.47. The van der Waals surface area contributed by atoms with Crippen molar-refractivity contribution < 1.29 is 18.4 Å². The number of amides is 2. The maximum atomic E-state index is 13.4. The van der Waals surface area contributed by atoms with Gasteiger partial charge in [0.2, 0.25) is 5.91 Å². The number of alkyl halides is 2. The topological polar surface area (TPSA) is 86.1 Å². The molecular formula is C18H16F2N4O2. The molecule has 0 unspecified atom stereocenters. The SMILES string of the molecule is Cc1ccc2c(C(=O)NCC(=O)N3CC(F)(F)C[C@H]3C#N)ccnc2c1. The molecule has 3 rings (SSSR count). The summed E-state index contributed by atoms with van der Waals surface area (Å²) in [5.41, 5.74) is 1.98. The summed E-state index contributed by atoms with van der Waals surface area (Å²) in [6.45, 7) is 0.643. The summed E-state index contributed by atoms with van der Waals surface area (Å²) in [6, 6.07) is 7.49. The number of nitriles is 1. The van der Waals surface area contributed by atoms with Gasteiger partial charge in [0.25, 0.3) is 11.8 Å². The lowest BCUT2D eigenvalue weighted by Gasteiger charge is -2.19. The van der Waals surface area contributed by atoms with Gasteiger partial charge in [-0.25, -0.2) is 8.78 Å². The summed E-state index contributed by atoms with van der Waals surface area (Å²) in [7, 11) is 0. The minimum absolute atomic E-state index is 0.339. The molecule has 1 aliphatic heterocycles. The van der Waals surface area contributed by atoms with E-state index in [-0.39, 0.29) is 0 Å². The third kappa shape index (κ3) is 3.47. The Balaban J connectivity index is 1.72. The van der Waals surface area contributed by atoms with E-state index in [0.717, 1.165) is 10.5 Å². The van der Waals surface area contributed by atoms with E-state index in [1.165, 1.54) is 12.3 Å². The summed E-state index contributed by atoms with van der Waals surface area (Å²) in [5, 5.41) is 12.0. The summed E-state index contributed by atoms with van der Waals surface area (Å²) < 4.78 is 26.8. The Bertz CT molecular complexity index is 923. The van der Waals surface area contributed by atoms with Crippen LogP contribution in [0.5, 0.6) is 0 Å². The molecule has 8 heteroatoms. The molecule has 1 aromatic heterocycles. The largest absolute Gasteiger partial charge is 0.343 e. The number of rotatable bonds is 3. The minimum Gasteiger partial charge on any atom is -0.343 e. The monoisotopic (exact) mass is 358 g/mol. The lowest BCUT2D eigenvalue weighted by atomic mass is 10.1. The summed E-state index contributed by atoms with van der Waals surface area (Å²) in [6.07, 6.45) is 0.808. The van der Waals surface area contributed by atoms with Crippen molar-refractivity contribution in [3.8, 4) is 6.07 Å². The molecular weight excluding hydrogens is 342 g/mol. The van der Waals surface area contributed by atoms with Gasteiger partial charge in [-0.05, 0) is 24.6 Å². The highest BCUT2D eigenvalue weighted by molar-refractivity contribution is 6.06. The quantitative estimate of drug-likeness (QED) is 0.910. The van der Waals surface area contributed by atoms with Crippen molar-refractivity contribution in [3.63, 3.8) is 0 Å². The van der Waals surface area contributed by atoms with Crippen LogP contribution in [0.25, 0.3) is 10.9 Å². The zero-order valence-corrected chi connectivity index (χ0v) is 14.0. The molecule has 2 heterocycles. The van der Waals surface area contributed by atoms with Crippen LogP contribution >= 0.6 is 0 Å². The van der Waals surface area contributed by atoms with Crippen molar-refractivity contribution >= 4 is 22.7 Å². The minimum atomic E-state index is -3.08. The van der Waals surface area contributed by atoms with Crippen LogP contribution in [0, 0.1) is 18.3 Å². The molecule has 6 nitrogen and oxygen atoms in total. The van der Waals surface area contributed by atoms with Gasteiger partial charge >= 0.3 is 0 Å². The Labute approximate surface area is 148 Å². The zero-order chi connectivity index (χ0) is 18.9. The van der Waals surface area contributed by atoms with Gasteiger partial charge in [0, 0.05) is 18.0 Å². The predicted octanol–water partition coefficient (Wildman–Crippen LogP) is 2.03. The van der Waals surface area contributed by atoms with E-state index in [1.54, 1.807) is 12.1 Å². The molecule has 1 fully saturated rings. The van der Waals surface area contributed by atoms with Gasteiger partial charge in [0.1, 0.15) is 6.04 Å². The van der Waals surface area contributed by atoms with Crippen LogP contribution < -0.4 is 5.32 Å². The van der Waals surface area contributed by atoms with Gasteiger partial charge in [-0.15, -0.1) is 0 Å². The van der Waals surface area contributed by atoms with E-state index in [1.807, 2.05) is 19.1 Å². The lowest BCUT2D eigenvalue weighted by Crippen LogP contribution is -2.43. The van der Waals surface area contributed by atoms with Crippen molar-refractivity contribution in [3.05, 3.63) is 41.6 Å². The number of carbonyl (C=O) groups excluding carboxylic acids is 2. The van der Waals surface area contributed by atoms with E-state index in [4.69, 9.17) is 5.26 Å². The van der Waals surface area contributed by atoms with Crippen molar-refractivity contribution in [2.75, 3.05) is 13.1 Å². The molecule has 1 atom stereocenters. The first-order valence-electron chi connectivity index (χ1n) is 8.01. The molecule has 1 N–H and O–H groups in total. The predicted molar refractivity (Wildman–Crippen MR) is 89.5 cm³/mol. The van der Waals surface area contributed by atoms with Crippen molar-refractivity contribution in [2.24, 2.45) is 0 Å². The standard InChI is InChI=1S/C18H16F2N4O2/c1-11-2-3-13-14(4-5-22-15(13)6-11)17(26)23-9-16(25)24-10-18(19,20)7-12(24)8-21/h2-6,12H,7,9-10H2,1H3,(H,23,26)/t12-/m0/s1. The Kier molecular flexibility index (Phi) is 4.55. The fraction of sp³-hybridized carbons (Fsp3) is 0.333. The molecule has 1 aromatic carbocycles. The number of benzene rings is 1. The van der Waals surface area contributed by atoms with Gasteiger partial charge in [-0.2, -0.15) is 5.26 Å². The number of aromatic nitrogens is 1. The van der Waals surface area contributed by atoms with Gasteiger partial charge in [-0.1, -0.05) is 12.1 Å². The summed E-state index contributed by atoms with van der Waals surface area (Å²) in [5.74, 6) is -4.30. The number of fused-ring (bicyclic) bond motifs is 1. The fourth-order valence-corrected chi connectivity index (χ4v) is 3.00. The Hall–Kier alpha value is -3.08. The number of hydrogen-bond donors (Lipinski definition) is 1. The van der Waals surface area contributed by atoms with E-state index in [2.05, 4.69) is 10.3 Å². The molecule has 0 bridgehead atoms. The summed E-state index contributed by atoms with van der Waals surface area (Å²) >= 11 is 0. The van der Waals surface area contributed by atoms with Crippen LogP contribution in [0.4, 0.5) is 8.78 Å². The number of hydrogen-bond acceptors (Lipinski definition) is 4. The van der Waals surface area contributed by atoms with Crippen LogP contribution in [0.1, 0.15) is 22.3 Å². The number of pyridine rings is 1. The second kappa shape index (κ2) is 6.67. The van der Waals surface area contributed by atoms with E-state index < -0.39 is 43.3 Å². The second-order valence-corrected chi connectivity index (χ2v) is 6.29. The van der Waals surface area contributed by atoms with Gasteiger partial charge in [0.15, 0.2) is 0 Å². The highest BCUT2D eigenvalue weighted by atomic mass is 19.3. The van der Waals surface area contributed by atoms with E-state index >= 15 is 0 Å². The average Bonchev–Trinajstić information content (AvgIpc) is 2.93. The van der Waals surface area contributed by atoms with Gasteiger partial charge in [-0.3, -0.25) is 14.6 Å². The van der Waals surface area contributed by atoms with Crippen LogP contribution in [0.15, 0.2) is 30.5 Å². The maximum absolute atomic E-state index is 13.4. The number of halogens is 2. The van der Waals surface area contributed by atoms with Crippen LogP contribution in [0.2, 0.25) is 0 Å². The van der Waals surface area contributed by atoms with Gasteiger partial charge < -0.3 is 10.2 Å². The van der Waals surface area contributed by atoms with Crippen molar-refractivity contribution in [1.82, 2.24) is 15.2 Å². The zero-order valence-electron chi connectivity index (χ0n) is 14.0. The lowest BCUT2D eigenvalue weighted by molar-refractivity contribution is -0.131. The molecule has 1 saturated heterocycles. The van der Waals surface area contributed by atoms with Crippen LogP contribution in [-0.2, 0) is 4.79 Å². The normalized spacial score (nSPS) is 18.5. The van der Waals surface area contributed by atoms with Gasteiger partial charge in [0.05, 0.1) is 30.2 Å². The maximum Gasteiger partial charge on any atom is 0.268 e. The van der Waals surface area contributed by atoms with E-state index in [9.17, 15) is 18.4 Å². The molecule has 0 aliphatic carbocycles. The number of nitrogens with zero attached hydrogens (tertiary/aromatic N) is 3.